The number of nitrogens with one attached hydrogen (secondary N) is 1. The minimum absolute atomic E-state index is 0.00219. The summed E-state index contributed by atoms with van der Waals surface area (Å²) >= 11 is 0. The monoisotopic (exact) mass is 313 g/mol. The molecule has 1 aliphatic heterocycles. The SMILES string of the molecule is COc1ccc2c(c1)C[C@H](C(=O)NCCc1cnccn1)CO2. The van der Waals surface area contributed by atoms with Gasteiger partial charge >= 0.3 is 0 Å². The van der Waals surface area contributed by atoms with Gasteiger partial charge in [-0.15, -0.1) is 0 Å². The van der Waals surface area contributed by atoms with Crippen LogP contribution in [0.1, 0.15) is 11.3 Å². The molecule has 0 saturated heterocycles. The molecule has 0 unspecified atom stereocenters. The second kappa shape index (κ2) is 7.09. The molecule has 1 aromatic heterocycles. The predicted octanol–water partition coefficient (Wildman–Crippen LogP) is 1.40. The van der Waals surface area contributed by atoms with Crippen LogP contribution < -0.4 is 14.8 Å². The smallest absolute Gasteiger partial charge is 0.226 e. The van der Waals surface area contributed by atoms with Gasteiger partial charge in [0.1, 0.15) is 18.1 Å². The summed E-state index contributed by atoms with van der Waals surface area (Å²) in [5, 5.41) is 2.94. The maximum Gasteiger partial charge on any atom is 0.226 e. The number of nitrogens with zero attached hydrogens (tertiary/aromatic N) is 2. The van der Waals surface area contributed by atoms with Crippen LogP contribution in [0.15, 0.2) is 36.8 Å². The van der Waals surface area contributed by atoms with Gasteiger partial charge in [0.15, 0.2) is 0 Å². The van der Waals surface area contributed by atoms with Crippen LogP contribution in [-0.4, -0.2) is 36.1 Å². The number of methoxy groups -OCH3 is 1. The zero-order valence-corrected chi connectivity index (χ0v) is 13.0. The molecule has 2 aromatic rings. The first kappa shape index (κ1) is 15.3. The molecule has 120 valence electrons. The third kappa shape index (κ3) is 3.77. The van der Waals surface area contributed by atoms with E-state index in [1.165, 1.54) is 0 Å². The summed E-state index contributed by atoms with van der Waals surface area (Å²) in [6.45, 7) is 0.940. The Balaban J connectivity index is 1.54. The van der Waals surface area contributed by atoms with Gasteiger partial charge < -0.3 is 14.8 Å². The van der Waals surface area contributed by atoms with Gasteiger partial charge in [0, 0.05) is 31.6 Å². The van der Waals surface area contributed by atoms with Crippen LogP contribution in [0.2, 0.25) is 0 Å². The second-order valence-electron chi connectivity index (χ2n) is 5.42. The number of aromatic nitrogens is 2. The van der Waals surface area contributed by atoms with Crippen molar-refractivity contribution in [1.82, 2.24) is 15.3 Å². The van der Waals surface area contributed by atoms with Crippen LogP contribution in [0.3, 0.4) is 0 Å². The highest BCUT2D eigenvalue weighted by atomic mass is 16.5. The molecular weight excluding hydrogens is 294 g/mol. The molecule has 0 bridgehead atoms. The van der Waals surface area contributed by atoms with Crippen LogP contribution >= 0.6 is 0 Å². The van der Waals surface area contributed by atoms with Crippen molar-refractivity contribution in [2.45, 2.75) is 12.8 Å². The predicted molar refractivity (Wildman–Crippen MR) is 84.4 cm³/mol. The van der Waals surface area contributed by atoms with Gasteiger partial charge in [-0.1, -0.05) is 0 Å². The van der Waals surface area contributed by atoms with Crippen LogP contribution in [0.5, 0.6) is 11.5 Å². The van der Waals surface area contributed by atoms with Gasteiger partial charge in [-0.05, 0) is 30.2 Å². The summed E-state index contributed by atoms with van der Waals surface area (Å²) < 4.78 is 10.9. The minimum Gasteiger partial charge on any atom is -0.497 e. The van der Waals surface area contributed by atoms with Gasteiger partial charge in [0.05, 0.1) is 18.7 Å². The average molecular weight is 313 g/mol. The van der Waals surface area contributed by atoms with Gasteiger partial charge in [-0.3, -0.25) is 14.8 Å². The molecule has 23 heavy (non-hydrogen) atoms. The van der Waals surface area contributed by atoms with Gasteiger partial charge in [-0.25, -0.2) is 0 Å². The number of rotatable bonds is 5. The van der Waals surface area contributed by atoms with Crippen LogP contribution in [0, 0.1) is 5.92 Å². The first-order valence-electron chi connectivity index (χ1n) is 7.58. The van der Waals surface area contributed by atoms with E-state index in [2.05, 4.69) is 15.3 Å². The molecule has 1 aliphatic rings. The van der Waals surface area contributed by atoms with Crippen molar-refractivity contribution in [3.8, 4) is 11.5 Å². The van der Waals surface area contributed by atoms with Gasteiger partial charge in [-0.2, -0.15) is 0 Å². The molecule has 1 amide bonds. The average Bonchev–Trinajstić information content (AvgIpc) is 2.61. The van der Waals surface area contributed by atoms with E-state index in [0.717, 1.165) is 22.8 Å². The van der Waals surface area contributed by atoms with E-state index in [9.17, 15) is 4.79 Å². The van der Waals surface area contributed by atoms with E-state index in [4.69, 9.17) is 9.47 Å². The van der Waals surface area contributed by atoms with E-state index in [0.29, 0.717) is 26.0 Å². The summed E-state index contributed by atoms with van der Waals surface area (Å²) in [4.78, 5) is 20.5. The number of amides is 1. The van der Waals surface area contributed by atoms with Crippen molar-refractivity contribution < 1.29 is 14.3 Å². The molecule has 1 aromatic carbocycles. The Morgan fingerprint density at radius 2 is 2.35 bits per heavy atom. The first-order chi connectivity index (χ1) is 11.3. The number of fused-ring (bicyclic) bond motifs is 1. The van der Waals surface area contributed by atoms with Crippen molar-refractivity contribution in [2.24, 2.45) is 5.92 Å². The highest BCUT2D eigenvalue weighted by molar-refractivity contribution is 5.79. The van der Waals surface area contributed by atoms with E-state index in [-0.39, 0.29) is 11.8 Å². The number of benzene rings is 1. The molecule has 3 rings (SSSR count). The molecule has 6 nitrogen and oxygen atoms in total. The maximum atomic E-state index is 12.3. The summed E-state index contributed by atoms with van der Waals surface area (Å²) in [6, 6.07) is 5.67. The maximum absolute atomic E-state index is 12.3. The third-order valence-electron chi connectivity index (χ3n) is 3.84. The molecule has 1 atom stereocenters. The van der Waals surface area contributed by atoms with Crippen molar-refractivity contribution in [3.05, 3.63) is 48.0 Å². The molecule has 6 heteroatoms. The zero-order chi connectivity index (χ0) is 16.1. The lowest BCUT2D eigenvalue weighted by Crippen LogP contribution is -2.38. The summed E-state index contributed by atoms with van der Waals surface area (Å²) in [6.07, 6.45) is 6.31. The van der Waals surface area contributed by atoms with E-state index >= 15 is 0 Å². The molecule has 0 radical (unpaired) electrons. The number of carbonyl (C=O) groups excluding carboxylic acids is 1. The molecule has 0 saturated carbocycles. The molecule has 2 heterocycles. The number of carbonyl (C=O) groups is 1. The lowest BCUT2D eigenvalue weighted by atomic mass is 9.96. The molecule has 0 fully saturated rings. The molecule has 0 spiro atoms. The number of hydrogen-bond donors (Lipinski definition) is 1. The summed E-state index contributed by atoms with van der Waals surface area (Å²) in [5.74, 6) is 1.42. The zero-order valence-electron chi connectivity index (χ0n) is 13.0. The van der Waals surface area contributed by atoms with E-state index in [1.807, 2.05) is 18.2 Å². The fraction of sp³-hybridized carbons (Fsp3) is 0.353. The summed E-state index contributed by atoms with van der Waals surface area (Å²) in [7, 11) is 1.63. The number of hydrogen-bond acceptors (Lipinski definition) is 5. The van der Waals surface area contributed by atoms with Crippen molar-refractivity contribution in [2.75, 3.05) is 20.3 Å². The lowest BCUT2D eigenvalue weighted by Gasteiger charge is -2.25. The van der Waals surface area contributed by atoms with Crippen molar-refractivity contribution in [1.29, 1.82) is 0 Å². The Bertz CT molecular complexity index is 676. The van der Waals surface area contributed by atoms with Crippen LogP contribution in [0.25, 0.3) is 0 Å². The Hall–Kier alpha value is -2.63. The van der Waals surface area contributed by atoms with Gasteiger partial charge in [0.25, 0.3) is 0 Å². The Labute approximate surface area is 134 Å². The fourth-order valence-electron chi connectivity index (χ4n) is 2.58. The highest BCUT2D eigenvalue weighted by Crippen LogP contribution is 2.30. The third-order valence-corrected chi connectivity index (χ3v) is 3.84. The van der Waals surface area contributed by atoms with Crippen molar-refractivity contribution in [3.63, 3.8) is 0 Å². The van der Waals surface area contributed by atoms with E-state index in [1.54, 1.807) is 25.7 Å². The molecule has 0 aliphatic carbocycles. The quantitative estimate of drug-likeness (QED) is 0.903. The largest absolute Gasteiger partial charge is 0.497 e. The highest BCUT2D eigenvalue weighted by Gasteiger charge is 2.26. The fourth-order valence-corrected chi connectivity index (χ4v) is 2.58. The first-order valence-corrected chi connectivity index (χ1v) is 7.58. The molecule has 1 N–H and O–H groups in total. The minimum atomic E-state index is -0.184. The number of ether oxygens (including phenoxy) is 2. The van der Waals surface area contributed by atoms with Crippen LogP contribution in [-0.2, 0) is 17.6 Å². The summed E-state index contributed by atoms with van der Waals surface area (Å²) in [5.41, 5.74) is 1.87. The molecular formula is C17H19N3O3. The van der Waals surface area contributed by atoms with Gasteiger partial charge in [0.2, 0.25) is 5.91 Å². The second-order valence-corrected chi connectivity index (χ2v) is 5.42. The van der Waals surface area contributed by atoms with E-state index < -0.39 is 0 Å². The normalized spacial score (nSPS) is 16.1. The standard InChI is InChI=1S/C17H19N3O3/c1-22-15-2-3-16-12(9-15)8-13(11-23-16)17(21)20-5-4-14-10-18-6-7-19-14/h2-3,6-7,9-10,13H,4-5,8,11H2,1H3,(H,20,21)/t13-/m0/s1. The van der Waals surface area contributed by atoms with Crippen LogP contribution in [0.4, 0.5) is 0 Å². The van der Waals surface area contributed by atoms with Crippen molar-refractivity contribution >= 4 is 5.91 Å². The Kier molecular flexibility index (Phi) is 4.71. The Morgan fingerprint density at radius 1 is 1.43 bits per heavy atom. The lowest BCUT2D eigenvalue weighted by molar-refractivity contribution is -0.126. The topological polar surface area (TPSA) is 73.3 Å². The Morgan fingerprint density at radius 3 is 3.13 bits per heavy atom.